The molecule has 2 atom stereocenters. The van der Waals surface area contributed by atoms with E-state index in [0.29, 0.717) is 17.7 Å². The number of ether oxygens (including phenoxy) is 1. The van der Waals surface area contributed by atoms with E-state index in [1.807, 2.05) is 44.2 Å². The topological polar surface area (TPSA) is 67.4 Å². The number of carbonyl (C=O) groups excluding carboxylic acids is 2. The van der Waals surface area contributed by atoms with Crippen LogP contribution in [0.2, 0.25) is 0 Å². The van der Waals surface area contributed by atoms with Gasteiger partial charge in [-0.1, -0.05) is 18.2 Å². The number of rotatable bonds is 7. The Balaban J connectivity index is 1.91. The second-order valence-corrected chi connectivity index (χ2v) is 5.24. The molecule has 0 aliphatic heterocycles. The van der Waals surface area contributed by atoms with Crippen molar-refractivity contribution in [2.45, 2.75) is 26.0 Å². The quantitative estimate of drug-likeness (QED) is 0.773. The summed E-state index contributed by atoms with van der Waals surface area (Å²) in [5.74, 6) is 0.587. The highest BCUT2D eigenvalue weighted by atomic mass is 16.5. The van der Waals surface area contributed by atoms with Crippen molar-refractivity contribution in [2.24, 2.45) is 0 Å². The van der Waals surface area contributed by atoms with Crippen LogP contribution in [0, 0.1) is 0 Å². The zero-order chi connectivity index (χ0) is 16.7. The monoisotopic (exact) mass is 312 g/mol. The summed E-state index contributed by atoms with van der Waals surface area (Å²) in [5.41, 5.74) is 1.17. The first-order valence-electron chi connectivity index (χ1n) is 7.43. The Hall–Kier alpha value is -2.82. The lowest BCUT2D eigenvalue weighted by Crippen LogP contribution is -2.42. The normalized spacial score (nSPS) is 12.8. The standard InChI is InChI=1S/C18H20N2O3/c1-13(14(2)23-17-6-4-3-5-7-17)20-18(22)15-8-10-16(11-9-15)19-12-21/h3-14H,1-2H3,(H,19,21)(H,20,22)/t13-,14+/m0/s1. The Bertz CT molecular complexity index is 641. The van der Waals surface area contributed by atoms with Crippen LogP contribution in [0.25, 0.3) is 0 Å². The largest absolute Gasteiger partial charge is 0.489 e. The number of hydrogen-bond donors (Lipinski definition) is 2. The molecule has 0 fully saturated rings. The lowest BCUT2D eigenvalue weighted by atomic mass is 10.1. The molecular formula is C18H20N2O3. The molecule has 0 unspecified atom stereocenters. The molecule has 0 saturated heterocycles. The fourth-order valence-corrected chi connectivity index (χ4v) is 2.01. The molecule has 2 N–H and O–H groups in total. The molecule has 2 aromatic carbocycles. The summed E-state index contributed by atoms with van der Waals surface area (Å²) in [5, 5.41) is 5.44. The van der Waals surface area contributed by atoms with Crippen molar-refractivity contribution in [1.82, 2.24) is 5.32 Å². The van der Waals surface area contributed by atoms with Crippen LogP contribution in [0.4, 0.5) is 5.69 Å². The van der Waals surface area contributed by atoms with E-state index in [4.69, 9.17) is 4.74 Å². The van der Waals surface area contributed by atoms with Crippen LogP contribution in [-0.2, 0) is 4.79 Å². The van der Waals surface area contributed by atoms with E-state index in [2.05, 4.69) is 10.6 Å². The van der Waals surface area contributed by atoms with Gasteiger partial charge < -0.3 is 15.4 Å². The Morgan fingerprint density at radius 3 is 2.30 bits per heavy atom. The molecular weight excluding hydrogens is 292 g/mol. The highest BCUT2D eigenvalue weighted by Crippen LogP contribution is 2.13. The van der Waals surface area contributed by atoms with Crippen LogP contribution in [0.15, 0.2) is 54.6 Å². The number of anilines is 1. The Labute approximate surface area is 135 Å². The van der Waals surface area contributed by atoms with Gasteiger partial charge in [0.05, 0.1) is 6.04 Å². The summed E-state index contributed by atoms with van der Waals surface area (Å²) >= 11 is 0. The van der Waals surface area contributed by atoms with Crippen LogP contribution in [0.5, 0.6) is 5.75 Å². The number of para-hydroxylation sites is 1. The molecule has 0 saturated carbocycles. The molecule has 0 bridgehead atoms. The molecule has 0 aliphatic carbocycles. The van der Waals surface area contributed by atoms with Gasteiger partial charge in [-0.2, -0.15) is 0 Å². The second-order valence-electron chi connectivity index (χ2n) is 5.24. The predicted molar refractivity (Wildman–Crippen MR) is 89.6 cm³/mol. The van der Waals surface area contributed by atoms with E-state index >= 15 is 0 Å². The van der Waals surface area contributed by atoms with Crippen molar-refractivity contribution in [2.75, 3.05) is 5.32 Å². The van der Waals surface area contributed by atoms with Crippen LogP contribution in [0.3, 0.4) is 0 Å². The third kappa shape index (κ3) is 4.85. The predicted octanol–water partition coefficient (Wildman–Crippen LogP) is 2.84. The van der Waals surface area contributed by atoms with Gasteiger partial charge in [0.1, 0.15) is 11.9 Å². The fraction of sp³-hybridized carbons (Fsp3) is 0.222. The van der Waals surface area contributed by atoms with Gasteiger partial charge in [-0.25, -0.2) is 0 Å². The number of carbonyl (C=O) groups is 2. The minimum Gasteiger partial charge on any atom is -0.489 e. The van der Waals surface area contributed by atoms with Crippen LogP contribution in [0.1, 0.15) is 24.2 Å². The van der Waals surface area contributed by atoms with Crippen molar-refractivity contribution < 1.29 is 14.3 Å². The molecule has 0 heterocycles. The van der Waals surface area contributed by atoms with Gasteiger partial charge in [0.25, 0.3) is 5.91 Å². The molecule has 0 spiro atoms. The first-order valence-corrected chi connectivity index (χ1v) is 7.43. The fourth-order valence-electron chi connectivity index (χ4n) is 2.01. The summed E-state index contributed by atoms with van der Waals surface area (Å²) in [6, 6.07) is 16.0. The smallest absolute Gasteiger partial charge is 0.251 e. The van der Waals surface area contributed by atoms with E-state index in [-0.39, 0.29) is 18.1 Å². The maximum atomic E-state index is 12.2. The minimum absolute atomic E-state index is 0.157. The Morgan fingerprint density at radius 1 is 1.04 bits per heavy atom. The zero-order valence-corrected chi connectivity index (χ0v) is 13.2. The average molecular weight is 312 g/mol. The van der Waals surface area contributed by atoms with Crippen molar-refractivity contribution >= 4 is 18.0 Å². The van der Waals surface area contributed by atoms with E-state index < -0.39 is 0 Å². The molecule has 120 valence electrons. The summed E-state index contributed by atoms with van der Waals surface area (Å²) < 4.78 is 5.80. The number of hydrogen-bond acceptors (Lipinski definition) is 3. The van der Waals surface area contributed by atoms with Crippen molar-refractivity contribution in [3.05, 3.63) is 60.2 Å². The molecule has 0 radical (unpaired) electrons. The average Bonchev–Trinajstić information content (AvgIpc) is 2.56. The Kier molecular flexibility index (Phi) is 5.74. The van der Waals surface area contributed by atoms with Gasteiger partial charge in [0.2, 0.25) is 6.41 Å². The van der Waals surface area contributed by atoms with E-state index in [9.17, 15) is 9.59 Å². The molecule has 0 aromatic heterocycles. The van der Waals surface area contributed by atoms with Crippen LogP contribution in [-0.4, -0.2) is 24.5 Å². The third-order valence-electron chi connectivity index (χ3n) is 3.50. The van der Waals surface area contributed by atoms with Gasteiger partial charge >= 0.3 is 0 Å². The van der Waals surface area contributed by atoms with Gasteiger partial charge in [-0.05, 0) is 50.2 Å². The van der Waals surface area contributed by atoms with E-state index in [0.717, 1.165) is 5.75 Å². The molecule has 0 aliphatic rings. The van der Waals surface area contributed by atoms with Gasteiger partial charge in [-0.15, -0.1) is 0 Å². The molecule has 5 heteroatoms. The minimum atomic E-state index is -0.182. The van der Waals surface area contributed by atoms with Crippen LogP contribution < -0.4 is 15.4 Å². The lowest BCUT2D eigenvalue weighted by Gasteiger charge is -2.22. The highest BCUT2D eigenvalue weighted by Gasteiger charge is 2.17. The maximum absolute atomic E-state index is 12.2. The van der Waals surface area contributed by atoms with E-state index in [1.165, 1.54) is 0 Å². The first kappa shape index (κ1) is 16.5. The SMILES string of the molecule is C[C@H](NC(=O)c1ccc(NC=O)cc1)[C@@H](C)Oc1ccccc1. The highest BCUT2D eigenvalue weighted by molar-refractivity contribution is 5.94. The number of benzene rings is 2. The maximum Gasteiger partial charge on any atom is 0.251 e. The van der Waals surface area contributed by atoms with E-state index in [1.54, 1.807) is 24.3 Å². The number of nitrogens with one attached hydrogen (secondary N) is 2. The summed E-state index contributed by atoms with van der Waals surface area (Å²) in [6.45, 7) is 3.81. The molecule has 2 amide bonds. The zero-order valence-electron chi connectivity index (χ0n) is 13.2. The van der Waals surface area contributed by atoms with Gasteiger partial charge in [-0.3, -0.25) is 9.59 Å². The summed E-state index contributed by atoms with van der Waals surface area (Å²) in [4.78, 5) is 22.6. The third-order valence-corrected chi connectivity index (χ3v) is 3.50. The summed E-state index contributed by atoms with van der Waals surface area (Å²) in [7, 11) is 0. The Morgan fingerprint density at radius 2 is 1.70 bits per heavy atom. The van der Waals surface area contributed by atoms with Crippen molar-refractivity contribution in [3.8, 4) is 5.75 Å². The molecule has 2 aromatic rings. The van der Waals surface area contributed by atoms with Gasteiger partial charge in [0.15, 0.2) is 0 Å². The summed E-state index contributed by atoms with van der Waals surface area (Å²) in [6.07, 6.45) is 0.428. The molecule has 2 rings (SSSR count). The molecule has 5 nitrogen and oxygen atoms in total. The van der Waals surface area contributed by atoms with Crippen molar-refractivity contribution in [1.29, 1.82) is 0 Å². The lowest BCUT2D eigenvalue weighted by molar-refractivity contribution is -0.105. The first-order chi connectivity index (χ1) is 11.1. The number of amides is 2. The van der Waals surface area contributed by atoms with Crippen molar-refractivity contribution in [3.63, 3.8) is 0 Å². The van der Waals surface area contributed by atoms with Gasteiger partial charge in [0, 0.05) is 11.3 Å². The molecule has 23 heavy (non-hydrogen) atoms. The second kappa shape index (κ2) is 7.98. The van der Waals surface area contributed by atoms with Crippen LogP contribution >= 0.6 is 0 Å².